The smallest absolute Gasteiger partial charge is 0.143 e. The summed E-state index contributed by atoms with van der Waals surface area (Å²) in [6, 6.07) is 45.9. The summed E-state index contributed by atoms with van der Waals surface area (Å²) < 4.78 is 15.0. The lowest BCUT2D eigenvalue weighted by Crippen LogP contribution is -1.91. The molecule has 0 aliphatic heterocycles. The third-order valence-corrected chi connectivity index (χ3v) is 10.1. The number of furan rings is 2. The molecule has 7 aromatic carbocycles. The van der Waals surface area contributed by atoms with Crippen LogP contribution in [0.3, 0.4) is 0 Å². The Morgan fingerprint density at radius 2 is 1.09 bits per heavy atom. The molecule has 200 valence electrons. The molecule has 0 radical (unpaired) electrons. The van der Waals surface area contributed by atoms with Crippen LogP contribution in [0.4, 0.5) is 0 Å². The second kappa shape index (κ2) is 8.57. The maximum absolute atomic E-state index is 6.67. The molecule has 0 aliphatic rings. The van der Waals surface area contributed by atoms with Gasteiger partial charge in [0.05, 0.1) is 6.26 Å². The van der Waals surface area contributed by atoms with Crippen LogP contribution >= 0.6 is 11.3 Å². The van der Waals surface area contributed by atoms with Gasteiger partial charge < -0.3 is 8.83 Å². The van der Waals surface area contributed by atoms with Gasteiger partial charge >= 0.3 is 0 Å². The van der Waals surface area contributed by atoms with E-state index in [1.54, 1.807) is 6.26 Å². The zero-order valence-electron chi connectivity index (χ0n) is 22.9. The molecule has 10 rings (SSSR count). The van der Waals surface area contributed by atoms with E-state index in [9.17, 15) is 0 Å². The van der Waals surface area contributed by atoms with Gasteiger partial charge in [0, 0.05) is 47.5 Å². The monoisotopic (exact) mass is 566 g/mol. The molecule has 2 nitrogen and oxygen atoms in total. The average molecular weight is 567 g/mol. The van der Waals surface area contributed by atoms with Gasteiger partial charge in [0.25, 0.3) is 0 Å². The number of benzene rings is 7. The lowest BCUT2D eigenvalue weighted by molar-refractivity contribution is 0.615. The summed E-state index contributed by atoms with van der Waals surface area (Å²) >= 11 is 1.86. The Hall–Kier alpha value is -5.38. The largest absolute Gasteiger partial charge is 0.464 e. The van der Waals surface area contributed by atoms with Gasteiger partial charge in [-0.25, -0.2) is 0 Å². The number of hydrogen-bond donors (Lipinski definition) is 0. The van der Waals surface area contributed by atoms with E-state index in [-0.39, 0.29) is 0 Å². The molecule has 0 saturated carbocycles. The Morgan fingerprint density at radius 3 is 1.88 bits per heavy atom. The van der Waals surface area contributed by atoms with Crippen molar-refractivity contribution < 1.29 is 8.83 Å². The van der Waals surface area contributed by atoms with Crippen molar-refractivity contribution in [2.45, 2.75) is 0 Å². The van der Waals surface area contributed by atoms with Crippen molar-refractivity contribution in [3.05, 3.63) is 134 Å². The SMILES string of the molecule is c1ccc2c(c1)sc1ccc(-c3c4ccccc4c(-c4cccc5c4oc4ccc6occc6c45)c4ccccc34)cc12. The number of para-hydroxylation sites is 1. The summed E-state index contributed by atoms with van der Waals surface area (Å²) in [5.74, 6) is 0. The van der Waals surface area contributed by atoms with Crippen LogP contribution in [0.15, 0.2) is 142 Å². The first-order valence-corrected chi connectivity index (χ1v) is 15.3. The zero-order chi connectivity index (χ0) is 28.1. The molecule has 3 heteroatoms. The number of thiophene rings is 1. The van der Waals surface area contributed by atoms with Crippen molar-refractivity contribution in [3.63, 3.8) is 0 Å². The Labute approximate surface area is 250 Å². The fraction of sp³-hybridized carbons (Fsp3) is 0. The van der Waals surface area contributed by atoms with Gasteiger partial charge in [-0.3, -0.25) is 0 Å². The highest BCUT2D eigenvalue weighted by Crippen LogP contribution is 2.48. The van der Waals surface area contributed by atoms with Crippen molar-refractivity contribution >= 4 is 86.0 Å². The summed E-state index contributed by atoms with van der Waals surface area (Å²) in [6.07, 6.45) is 1.75. The first kappa shape index (κ1) is 23.2. The first-order valence-electron chi connectivity index (χ1n) is 14.5. The van der Waals surface area contributed by atoms with E-state index in [1.807, 2.05) is 29.5 Å². The normalized spacial score (nSPS) is 12.2. The molecule has 0 unspecified atom stereocenters. The highest BCUT2D eigenvalue weighted by molar-refractivity contribution is 7.25. The van der Waals surface area contributed by atoms with Crippen LogP contribution in [0.1, 0.15) is 0 Å². The molecule has 43 heavy (non-hydrogen) atoms. The van der Waals surface area contributed by atoms with Crippen LogP contribution in [-0.2, 0) is 0 Å². The molecule has 0 spiro atoms. The van der Waals surface area contributed by atoms with Gasteiger partial charge in [-0.2, -0.15) is 0 Å². The van der Waals surface area contributed by atoms with E-state index < -0.39 is 0 Å². The minimum Gasteiger partial charge on any atom is -0.464 e. The predicted molar refractivity (Wildman–Crippen MR) is 182 cm³/mol. The van der Waals surface area contributed by atoms with Crippen LogP contribution < -0.4 is 0 Å². The van der Waals surface area contributed by atoms with Gasteiger partial charge in [-0.15, -0.1) is 11.3 Å². The fourth-order valence-electron chi connectivity index (χ4n) is 7.15. The summed E-state index contributed by atoms with van der Waals surface area (Å²) in [5.41, 5.74) is 7.45. The maximum atomic E-state index is 6.67. The Morgan fingerprint density at radius 1 is 0.442 bits per heavy atom. The van der Waals surface area contributed by atoms with Crippen LogP contribution in [0, 0.1) is 0 Å². The Balaban J connectivity index is 1.33. The van der Waals surface area contributed by atoms with Crippen LogP contribution in [0.5, 0.6) is 0 Å². The highest BCUT2D eigenvalue weighted by Gasteiger charge is 2.21. The van der Waals surface area contributed by atoms with Crippen molar-refractivity contribution in [1.82, 2.24) is 0 Å². The predicted octanol–water partition coefficient (Wildman–Crippen LogP) is 12.3. The number of hydrogen-bond acceptors (Lipinski definition) is 3. The first-order chi connectivity index (χ1) is 21.3. The lowest BCUT2D eigenvalue weighted by atomic mass is 9.85. The minimum absolute atomic E-state index is 0.872. The third kappa shape index (κ3) is 3.17. The van der Waals surface area contributed by atoms with Crippen molar-refractivity contribution in [1.29, 1.82) is 0 Å². The van der Waals surface area contributed by atoms with Crippen molar-refractivity contribution in [2.75, 3.05) is 0 Å². The summed E-state index contributed by atoms with van der Waals surface area (Å²) in [4.78, 5) is 0. The van der Waals surface area contributed by atoms with E-state index >= 15 is 0 Å². The van der Waals surface area contributed by atoms with Crippen molar-refractivity contribution in [2.24, 2.45) is 0 Å². The van der Waals surface area contributed by atoms with Gasteiger partial charge in [0.1, 0.15) is 16.7 Å². The maximum Gasteiger partial charge on any atom is 0.143 e. The highest BCUT2D eigenvalue weighted by atomic mass is 32.1. The number of rotatable bonds is 2. The molecule has 0 saturated heterocycles. The summed E-state index contributed by atoms with van der Waals surface area (Å²) in [6.45, 7) is 0. The fourth-order valence-corrected chi connectivity index (χ4v) is 8.24. The Kier molecular flexibility index (Phi) is 4.63. The Bertz CT molecular complexity index is 2680. The van der Waals surface area contributed by atoms with E-state index in [2.05, 4.69) is 109 Å². The molecule has 0 amide bonds. The van der Waals surface area contributed by atoms with E-state index in [0.717, 1.165) is 38.5 Å². The molecular weight excluding hydrogens is 545 g/mol. The van der Waals surface area contributed by atoms with Gasteiger partial charge in [-0.1, -0.05) is 91.0 Å². The van der Waals surface area contributed by atoms with Gasteiger partial charge in [-0.05, 0) is 69.1 Å². The average Bonchev–Trinajstić information content (AvgIpc) is 3.78. The zero-order valence-corrected chi connectivity index (χ0v) is 23.7. The quantitative estimate of drug-likeness (QED) is 0.195. The standard InChI is InChI=1S/C40H22O2S/c1-3-11-27-25(9-1)37(23-16-19-36-32(22-23)24-8-5-6-15-35(24)43-36)26-10-2-4-12-28(26)38(27)30-13-7-14-31-39-29-20-21-41-33(29)17-18-34(39)42-40(30)31/h1-22H. The van der Waals surface area contributed by atoms with E-state index in [1.165, 1.54) is 58.4 Å². The molecule has 0 N–H and O–H groups in total. The molecule has 0 atom stereocenters. The summed E-state index contributed by atoms with van der Waals surface area (Å²) in [7, 11) is 0. The molecular formula is C40H22O2S. The van der Waals surface area contributed by atoms with Crippen LogP contribution in [0.2, 0.25) is 0 Å². The number of fused-ring (bicyclic) bond motifs is 10. The minimum atomic E-state index is 0.872. The molecule has 10 aromatic rings. The van der Waals surface area contributed by atoms with Crippen molar-refractivity contribution in [3.8, 4) is 22.3 Å². The van der Waals surface area contributed by atoms with Crippen LogP contribution in [-0.4, -0.2) is 0 Å². The molecule has 3 aromatic heterocycles. The van der Waals surface area contributed by atoms with Gasteiger partial charge in [0.2, 0.25) is 0 Å². The molecule has 0 bridgehead atoms. The molecule has 0 aliphatic carbocycles. The topological polar surface area (TPSA) is 26.3 Å². The van der Waals surface area contributed by atoms with Crippen LogP contribution in [0.25, 0.3) is 96.9 Å². The van der Waals surface area contributed by atoms with Gasteiger partial charge in [0.15, 0.2) is 0 Å². The lowest BCUT2D eigenvalue weighted by Gasteiger charge is -2.18. The van der Waals surface area contributed by atoms with E-state index in [4.69, 9.17) is 8.83 Å². The third-order valence-electron chi connectivity index (χ3n) is 8.96. The second-order valence-electron chi connectivity index (χ2n) is 11.2. The molecule has 3 heterocycles. The van der Waals surface area contributed by atoms with E-state index in [0.29, 0.717) is 0 Å². The summed E-state index contributed by atoms with van der Waals surface area (Å²) in [5, 5.41) is 10.8. The molecule has 0 fully saturated rings. The second-order valence-corrected chi connectivity index (χ2v) is 12.3.